The quantitative estimate of drug-likeness (QED) is 0.895. The molecule has 0 atom stereocenters. The summed E-state index contributed by atoms with van der Waals surface area (Å²) in [6.07, 6.45) is 0. The first kappa shape index (κ1) is 14.2. The Bertz CT molecular complexity index is 668. The molecule has 0 spiro atoms. The van der Waals surface area contributed by atoms with Crippen LogP contribution in [0.15, 0.2) is 23.0 Å². The van der Waals surface area contributed by atoms with Gasteiger partial charge in [-0.25, -0.2) is 4.79 Å². The summed E-state index contributed by atoms with van der Waals surface area (Å²) in [6, 6.07) is 5.74. The van der Waals surface area contributed by atoms with E-state index in [1.807, 2.05) is 18.2 Å². The Hall–Kier alpha value is -1.79. The number of ether oxygens (including phenoxy) is 1. The molecule has 21 heavy (non-hydrogen) atoms. The number of aromatic amines is 1. The number of para-hydroxylation sites is 1. The Morgan fingerprint density at radius 3 is 2.67 bits per heavy atom. The standard InChI is InChI=1S/C15H22N4O2/c1-17-6-8-18(9-7-17)10-11-19-12-4-3-5-13(21-2)14(12)16-15(19)20/h3-5H,6-11H2,1-2H3,(H,16,20). The van der Waals surface area contributed by atoms with Crippen LogP contribution < -0.4 is 10.4 Å². The van der Waals surface area contributed by atoms with Crippen LogP contribution >= 0.6 is 0 Å². The van der Waals surface area contributed by atoms with Gasteiger partial charge in [0.25, 0.3) is 0 Å². The third-order valence-electron chi connectivity index (χ3n) is 4.23. The van der Waals surface area contributed by atoms with Crippen molar-refractivity contribution in [2.45, 2.75) is 6.54 Å². The number of piperazine rings is 1. The zero-order valence-electron chi connectivity index (χ0n) is 12.6. The summed E-state index contributed by atoms with van der Waals surface area (Å²) in [5, 5.41) is 0. The molecule has 1 aromatic heterocycles. The maximum absolute atomic E-state index is 12.2. The second kappa shape index (κ2) is 5.91. The molecule has 1 aromatic carbocycles. The minimum atomic E-state index is -0.0661. The number of likely N-dealkylation sites (N-methyl/N-ethyl adjacent to an activating group) is 1. The van der Waals surface area contributed by atoms with Crippen molar-refractivity contribution in [3.63, 3.8) is 0 Å². The molecule has 0 bridgehead atoms. The van der Waals surface area contributed by atoms with Gasteiger partial charge in [-0.15, -0.1) is 0 Å². The van der Waals surface area contributed by atoms with Gasteiger partial charge in [0.2, 0.25) is 0 Å². The first-order valence-electron chi connectivity index (χ1n) is 7.35. The fraction of sp³-hybridized carbons (Fsp3) is 0.533. The van der Waals surface area contributed by atoms with Crippen molar-refractivity contribution in [2.75, 3.05) is 46.9 Å². The van der Waals surface area contributed by atoms with E-state index in [4.69, 9.17) is 4.74 Å². The van der Waals surface area contributed by atoms with Crippen LogP contribution in [-0.4, -0.2) is 66.2 Å². The number of fused-ring (bicyclic) bond motifs is 1. The summed E-state index contributed by atoms with van der Waals surface area (Å²) in [5.41, 5.74) is 1.63. The van der Waals surface area contributed by atoms with Gasteiger partial charge in [-0.05, 0) is 19.2 Å². The van der Waals surface area contributed by atoms with E-state index in [-0.39, 0.29) is 5.69 Å². The van der Waals surface area contributed by atoms with E-state index in [0.29, 0.717) is 12.3 Å². The molecule has 1 saturated heterocycles. The second-order valence-corrected chi connectivity index (χ2v) is 5.58. The van der Waals surface area contributed by atoms with Gasteiger partial charge in [-0.3, -0.25) is 9.47 Å². The Labute approximate surface area is 123 Å². The maximum Gasteiger partial charge on any atom is 0.326 e. The fourth-order valence-electron chi connectivity index (χ4n) is 2.86. The zero-order valence-corrected chi connectivity index (χ0v) is 12.6. The van der Waals surface area contributed by atoms with Gasteiger partial charge >= 0.3 is 5.69 Å². The number of hydrogen-bond donors (Lipinski definition) is 1. The highest BCUT2D eigenvalue weighted by Gasteiger charge is 2.15. The Morgan fingerprint density at radius 2 is 1.95 bits per heavy atom. The maximum atomic E-state index is 12.2. The van der Waals surface area contributed by atoms with Crippen LogP contribution in [0.5, 0.6) is 5.75 Å². The largest absolute Gasteiger partial charge is 0.494 e. The Morgan fingerprint density at radius 1 is 1.19 bits per heavy atom. The minimum absolute atomic E-state index is 0.0661. The third kappa shape index (κ3) is 2.82. The van der Waals surface area contributed by atoms with Crippen LogP contribution in [0, 0.1) is 0 Å². The topological polar surface area (TPSA) is 53.5 Å². The predicted molar refractivity (Wildman–Crippen MR) is 83.0 cm³/mol. The van der Waals surface area contributed by atoms with Crippen LogP contribution in [0.25, 0.3) is 11.0 Å². The number of nitrogens with zero attached hydrogens (tertiary/aromatic N) is 3. The van der Waals surface area contributed by atoms with Gasteiger partial charge in [-0.1, -0.05) is 6.07 Å². The molecule has 1 aliphatic rings. The average Bonchev–Trinajstić information content (AvgIpc) is 2.82. The van der Waals surface area contributed by atoms with Crippen molar-refractivity contribution in [3.05, 3.63) is 28.7 Å². The molecule has 6 heteroatoms. The smallest absolute Gasteiger partial charge is 0.326 e. The number of H-pyrrole nitrogens is 1. The summed E-state index contributed by atoms with van der Waals surface area (Å²) in [7, 11) is 3.77. The molecular formula is C15H22N4O2. The molecule has 6 nitrogen and oxygen atoms in total. The van der Waals surface area contributed by atoms with Crippen molar-refractivity contribution < 1.29 is 4.74 Å². The van der Waals surface area contributed by atoms with Gasteiger partial charge in [0.15, 0.2) is 0 Å². The van der Waals surface area contributed by atoms with Crippen LogP contribution in [0.2, 0.25) is 0 Å². The number of methoxy groups -OCH3 is 1. The molecule has 3 rings (SSSR count). The van der Waals surface area contributed by atoms with Crippen molar-refractivity contribution in [1.29, 1.82) is 0 Å². The van der Waals surface area contributed by atoms with Crippen LogP contribution in [0.4, 0.5) is 0 Å². The van der Waals surface area contributed by atoms with Gasteiger partial charge in [0, 0.05) is 39.3 Å². The lowest BCUT2D eigenvalue weighted by atomic mass is 10.3. The molecule has 2 heterocycles. The number of hydrogen-bond acceptors (Lipinski definition) is 4. The van der Waals surface area contributed by atoms with E-state index >= 15 is 0 Å². The lowest BCUT2D eigenvalue weighted by Gasteiger charge is -2.32. The molecule has 0 unspecified atom stereocenters. The lowest BCUT2D eigenvalue weighted by molar-refractivity contribution is 0.150. The van der Waals surface area contributed by atoms with Crippen molar-refractivity contribution >= 4 is 11.0 Å². The summed E-state index contributed by atoms with van der Waals surface area (Å²) in [6.45, 7) is 5.93. The number of rotatable bonds is 4. The zero-order chi connectivity index (χ0) is 14.8. The Balaban J connectivity index is 1.78. The number of nitrogens with one attached hydrogen (secondary N) is 1. The number of aromatic nitrogens is 2. The van der Waals surface area contributed by atoms with Crippen molar-refractivity contribution in [1.82, 2.24) is 19.4 Å². The van der Waals surface area contributed by atoms with Crippen LogP contribution in [-0.2, 0) is 6.54 Å². The Kier molecular flexibility index (Phi) is 3.98. The van der Waals surface area contributed by atoms with E-state index in [1.54, 1.807) is 11.7 Å². The molecule has 1 aliphatic heterocycles. The molecule has 0 amide bonds. The molecule has 114 valence electrons. The number of imidazole rings is 1. The molecule has 0 aliphatic carbocycles. The first-order chi connectivity index (χ1) is 10.2. The monoisotopic (exact) mass is 290 g/mol. The normalized spacial score (nSPS) is 17.4. The van der Waals surface area contributed by atoms with E-state index < -0.39 is 0 Å². The summed E-state index contributed by atoms with van der Waals surface area (Å²) in [4.78, 5) is 19.8. The molecule has 1 fully saturated rings. The van der Waals surface area contributed by atoms with E-state index in [9.17, 15) is 4.79 Å². The van der Waals surface area contributed by atoms with Crippen LogP contribution in [0.1, 0.15) is 0 Å². The van der Waals surface area contributed by atoms with Crippen molar-refractivity contribution in [3.8, 4) is 5.75 Å². The van der Waals surface area contributed by atoms with E-state index in [2.05, 4.69) is 21.8 Å². The highest BCUT2D eigenvalue weighted by atomic mass is 16.5. The van der Waals surface area contributed by atoms with Gasteiger partial charge in [0.05, 0.1) is 12.6 Å². The van der Waals surface area contributed by atoms with Gasteiger partial charge in [-0.2, -0.15) is 0 Å². The molecular weight excluding hydrogens is 268 g/mol. The third-order valence-corrected chi connectivity index (χ3v) is 4.23. The SMILES string of the molecule is COc1cccc2c1[nH]c(=O)n2CCN1CCN(C)CC1. The van der Waals surface area contributed by atoms with Crippen molar-refractivity contribution in [2.24, 2.45) is 0 Å². The van der Waals surface area contributed by atoms with Gasteiger partial charge < -0.3 is 14.6 Å². The minimum Gasteiger partial charge on any atom is -0.494 e. The van der Waals surface area contributed by atoms with Crippen LogP contribution in [0.3, 0.4) is 0 Å². The predicted octanol–water partition coefficient (Wildman–Crippen LogP) is 0.586. The summed E-state index contributed by atoms with van der Waals surface area (Å²) < 4.78 is 7.10. The second-order valence-electron chi connectivity index (χ2n) is 5.58. The van der Waals surface area contributed by atoms with E-state index in [0.717, 1.165) is 43.8 Å². The molecule has 0 radical (unpaired) electrons. The summed E-state index contributed by atoms with van der Waals surface area (Å²) >= 11 is 0. The van der Waals surface area contributed by atoms with Gasteiger partial charge in [0.1, 0.15) is 11.3 Å². The molecule has 2 aromatic rings. The molecule has 0 saturated carbocycles. The van der Waals surface area contributed by atoms with E-state index in [1.165, 1.54) is 0 Å². The average molecular weight is 290 g/mol. The number of benzene rings is 1. The first-order valence-corrected chi connectivity index (χ1v) is 7.35. The lowest BCUT2D eigenvalue weighted by Crippen LogP contribution is -2.45. The summed E-state index contributed by atoms with van der Waals surface area (Å²) in [5.74, 6) is 0.711. The highest BCUT2D eigenvalue weighted by molar-refractivity contribution is 5.81. The molecule has 1 N–H and O–H groups in total. The highest BCUT2D eigenvalue weighted by Crippen LogP contribution is 2.22. The fourth-order valence-corrected chi connectivity index (χ4v) is 2.86.